The minimum atomic E-state index is -1.10. The van der Waals surface area contributed by atoms with Crippen molar-refractivity contribution < 1.29 is 42.9 Å². The van der Waals surface area contributed by atoms with Crippen LogP contribution in [0.4, 0.5) is 11.5 Å². The number of imide groups is 2. The highest BCUT2D eigenvalue weighted by Crippen LogP contribution is 2.32. The van der Waals surface area contributed by atoms with Gasteiger partial charge in [0, 0.05) is 48.2 Å². The second-order valence-electron chi connectivity index (χ2n) is 14.2. The molecule has 15 heteroatoms. The zero-order valence-corrected chi connectivity index (χ0v) is 33.5. The summed E-state index contributed by atoms with van der Waals surface area (Å²) in [5.74, 6) is -2.17. The minimum absolute atomic E-state index is 0.000546. The van der Waals surface area contributed by atoms with E-state index in [0.29, 0.717) is 46.2 Å². The predicted molar refractivity (Wildman–Crippen MR) is 228 cm³/mol. The lowest BCUT2D eigenvalue weighted by atomic mass is 10.0. The van der Waals surface area contributed by atoms with Crippen LogP contribution in [0, 0.1) is 0 Å². The summed E-state index contributed by atoms with van der Waals surface area (Å²) in [5, 5.41) is 10.6. The van der Waals surface area contributed by atoms with E-state index < -0.39 is 35.6 Å². The van der Waals surface area contributed by atoms with E-state index in [-0.39, 0.29) is 49.3 Å². The number of fused-ring (bicyclic) bond motifs is 2. The Kier molecular flexibility index (Phi) is 14.7. The monoisotopic (exact) mass is 826 g/mol. The molecule has 0 radical (unpaired) electrons. The molecule has 61 heavy (non-hydrogen) atoms. The molecule has 1 fully saturated rings. The average Bonchev–Trinajstić information content (AvgIpc) is 3.53. The molecule has 314 valence electrons. The fourth-order valence-corrected chi connectivity index (χ4v) is 6.95. The van der Waals surface area contributed by atoms with Crippen molar-refractivity contribution in [2.75, 3.05) is 70.0 Å². The summed E-state index contributed by atoms with van der Waals surface area (Å²) in [5.41, 5.74) is 4.26. The van der Waals surface area contributed by atoms with Crippen LogP contribution < -0.4 is 16.0 Å². The Labute approximate surface area is 352 Å². The molecule has 15 nitrogen and oxygen atoms in total. The third-order valence-electron chi connectivity index (χ3n) is 10.0. The molecule has 4 heterocycles. The van der Waals surface area contributed by atoms with Crippen LogP contribution in [0.1, 0.15) is 51.1 Å². The summed E-state index contributed by atoms with van der Waals surface area (Å²) >= 11 is 0. The van der Waals surface area contributed by atoms with Crippen molar-refractivity contribution in [2.45, 2.75) is 25.3 Å². The van der Waals surface area contributed by atoms with Gasteiger partial charge in [0.1, 0.15) is 11.9 Å². The minimum Gasteiger partial charge on any atom is -0.379 e. The summed E-state index contributed by atoms with van der Waals surface area (Å²) in [6.45, 7) is 3.28. The molecule has 1 saturated heterocycles. The standard InChI is InChI=1S/C46H46N6O9/c53-40-15-14-39(44(55)51-40)52-45(56)37-8-3-9-38(42(37)46(52)57)50-41(54)16-19-58-21-23-60-25-26-61-24-22-59-20-18-48-43-34(28-36(30-49-43)35-7-4-17-47-29-35)13-11-31-10-12-32-5-1-2-6-33(32)27-31/h1-13,17,27-30,39H,14-16,18-26H2,(H,48,49)(H,50,54)(H,51,53,55)/b13-11+. The van der Waals surface area contributed by atoms with Gasteiger partial charge in [-0.1, -0.05) is 60.7 Å². The van der Waals surface area contributed by atoms with Gasteiger partial charge in [-0.15, -0.1) is 0 Å². The van der Waals surface area contributed by atoms with E-state index >= 15 is 0 Å². The number of aromatic nitrogens is 2. The van der Waals surface area contributed by atoms with Gasteiger partial charge < -0.3 is 29.6 Å². The zero-order chi connectivity index (χ0) is 42.4. The number of nitrogens with zero attached hydrogens (tertiary/aromatic N) is 3. The van der Waals surface area contributed by atoms with E-state index in [1.165, 1.54) is 22.9 Å². The van der Waals surface area contributed by atoms with Gasteiger partial charge in [-0.3, -0.25) is 39.2 Å². The number of benzene rings is 3. The largest absolute Gasteiger partial charge is 0.379 e. The second-order valence-corrected chi connectivity index (χ2v) is 14.2. The number of anilines is 2. The van der Waals surface area contributed by atoms with Crippen LogP contribution >= 0.6 is 0 Å². The van der Waals surface area contributed by atoms with Crippen LogP contribution in [0.25, 0.3) is 34.1 Å². The highest BCUT2D eigenvalue weighted by molar-refractivity contribution is 6.26. The number of hydrogen-bond acceptors (Lipinski definition) is 12. The first kappa shape index (κ1) is 42.5. The lowest BCUT2D eigenvalue weighted by Crippen LogP contribution is -2.54. The van der Waals surface area contributed by atoms with E-state index in [1.54, 1.807) is 12.3 Å². The molecule has 7 rings (SSSR count). The number of ether oxygens (including phenoxy) is 4. The van der Waals surface area contributed by atoms with Crippen LogP contribution in [0.2, 0.25) is 0 Å². The molecule has 0 aliphatic carbocycles. The number of nitrogens with one attached hydrogen (secondary N) is 3. The molecule has 1 atom stereocenters. The number of amides is 5. The third kappa shape index (κ3) is 11.1. The van der Waals surface area contributed by atoms with Gasteiger partial charge in [0.05, 0.1) is 76.1 Å². The quantitative estimate of drug-likeness (QED) is 0.0635. The van der Waals surface area contributed by atoms with Crippen LogP contribution in [0.15, 0.2) is 97.5 Å². The summed E-state index contributed by atoms with van der Waals surface area (Å²) < 4.78 is 22.4. The lowest BCUT2D eigenvalue weighted by molar-refractivity contribution is -0.136. The second kappa shape index (κ2) is 21.0. The molecule has 0 spiro atoms. The number of rotatable bonds is 21. The smallest absolute Gasteiger partial charge is 0.264 e. The van der Waals surface area contributed by atoms with Crippen molar-refractivity contribution >= 4 is 64.0 Å². The maximum atomic E-state index is 13.2. The lowest BCUT2D eigenvalue weighted by Gasteiger charge is -2.27. The molecule has 5 aromatic rings. The topological polar surface area (TPSA) is 187 Å². The Morgan fingerprint density at radius 2 is 1.51 bits per heavy atom. The molecule has 2 aromatic heterocycles. The predicted octanol–water partition coefficient (Wildman–Crippen LogP) is 5.38. The van der Waals surface area contributed by atoms with Gasteiger partial charge in [0.2, 0.25) is 17.7 Å². The molecule has 5 amide bonds. The summed E-state index contributed by atoms with van der Waals surface area (Å²) in [6.07, 6.45) is 9.62. The molecular weight excluding hydrogens is 781 g/mol. The van der Waals surface area contributed by atoms with Gasteiger partial charge >= 0.3 is 0 Å². The Morgan fingerprint density at radius 1 is 0.754 bits per heavy atom. The number of carbonyl (C=O) groups excluding carboxylic acids is 5. The number of carbonyl (C=O) groups is 5. The summed E-state index contributed by atoms with van der Waals surface area (Å²) in [4.78, 5) is 72.7. The first-order valence-electron chi connectivity index (χ1n) is 20.1. The van der Waals surface area contributed by atoms with Crippen LogP contribution in [0.5, 0.6) is 0 Å². The van der Waals surface area contributed by atoms with Crippen LogP contribution in [0.3, 0.4) is 0 Å². The molecule has 0 saturated carbocycles. The molecule has 1 unspecified atom stereocenters. The van der Waals surface area contributed by atoms with Crippen molar-refractivity contribution in [1.29, 1.82) is 0 Å². The van der Waals surface area contributed by atoms with Gasteiger partial charge in [-0.25, -0.2) is 4.98 Å². The van der Waals surface area contributed by atoms with Crippen LogP contribution in [-0.2, 0) is 33.3 Å². The first-order valence-corrected chi connectivity index (χ1v) is 20.1. The van der Waals surface area contributed by atoms with Crippen molar-refractivity contribution in [3.05, 3.63) is 120 Å². The Morgan fingerprint density at radius 3 is 2.26 bits per heavy atom. The zero-order valence-electron chi connectivity index (χ0n) is 33.5. The molecule has 3 aromatic carbocycles. The van der Waals surface area contributed by atoms with E-state index in [2.05, 4.69) is 69.5 Å². The summed E-state index contributed by atoms with van der Waals surface area (Å²) in [7, 11) is 0. The van der Waals surface area contributed by atoms with Crippen molar-refractivity contribution in [3.8, 4) is 11.1 Å². The normalized spacial score (nSPS) is 15.1. The maximum Gasteiger partial charge on any atom is 0.264 e. The van der Waals surface area contributed by atoms with E-state index in [4.69, 9.17) is 23.9 Å². The van der Waals surface area contributed by atoms with Gasteiger partial charge in [-0.2, -0.15) is 0 Å². The fourth-order valence-electron chi connectivity index (χ4n) is 6.95. The fraction of sp³-hybridized carbons (Fsp3) is 0.283. The van der Waals surface area contributed by atoms with Crippen molar-refractivity contribution in [1.82, 2.24) is 20.2 Å². The Bertz CT molecular complexity index is 2410. The number of piperidine rings is 1. The van der Waals surface area contributed by atoms with Crippen molar-refractivity contribution in [3.63, 3.8) is 0 Å². The van der Waals surface area contributed by atoms with Gasteiger partial charge in [0.15, 0.2) is 0 Å². The van der Waals surface area contributed by atoms with Gasteiger partial charge in [-0.05, 0) is 53.1 Å². The average molecular weight is 827 g/mol. The highest BCUT2D eigenvalue weighted by Gasteiger charge is 2.45. The molecule has 0 bridgehead atoms. The maximum absolute atomic E-state index is 13.2. The van der Waals surface area contributed by atoms with E-state index in [1.807, 2.05) is 36.7 Å². The molecule has 3 N–H and O–H groups in total. The molecular formula is C46H46N6O9. The third-order valence-corrected chi connectivity index (χ3v) is 10.0. The first-order chi connectivity index (χ1) is 29.9. The number of hydrogen-bond donors (Lipinski definition) is 3. The van der Waals surface area contributed by atoms with E-state index in [9.17, 15) is 24.0 Å². The summed E-state index contributed by atoms with van der Waals surface area (Å²) in [6, 6.07) is 24.1. The Hall–Kier alpha value is -6.65. The number of pyridine rings is 2. The van der Waals surface area contributed by atoms with E-state index in [0.717, 1.165) is 33.0 Å². The molecule has 2 aliphatic rings. The SMILES string of the molecule is O=C1CCC(N2C(=O)c3cccc(NC(=O)CCOCCOCCOCCOCCNc4ncc(-c5cccnc5)cc4/C=C/c4ccc5ccccc5c4)c3C2=O)C(=O)N1. The van der Waals surface area contributed by atoms with Crippen molar-refractivity contribution in [2.24, 2.45) is 0 Å². The van der Waals surface area contributed by atoms with Gasteiger partial charge in [0.25, 0.3) is 11.8 Å². The highest BCUT2D eigenvalue weighted by atomic mass is 16.6. The van der Waals surface area contributed by atoms with Crippen LogP contribution in [-0.4, -0.2) is 110 Å². The molecule has 2 aliphatic heterocycles. The Balaban J connectivity index is 0.746.